The Labute approximate surface area is 133 Å². The third kappa shape index (κ3) is 3.03. The summed E-state index contributed by atoms with van der Waals surface area (Å²) in [5, 5.41) is 0. The van der Waals surface area contributed by atoms with E-state index in [2.05, 4.69) is 66.1 Å². The number of rotatable bonds is 3. The third-order valence-corrected chi connectivity index (χ3v) is 4.46. The molecule has 0 saturated carbocycles. The van der Waals surface area contributed by atoms with Gasteiger partial charge in [0.05, 0.1) is 0 Å². The summed E-state index contributed by atoms with van der Waals surface area (Å²) in [6, 6.07) is 17.1. The number of nitrogen functional groups attached to an aromatic ring is 1. The van der Waals surface area contributed by atoms with Crippen molar-refractivity contribution in [3.63, 3.8) is 0 Å². The summed E-state index contributed by atoms with van der Waals surface area (Å²) in [5.41, 5.74) is 10.9. The lowest BCUT2D eigenvalue weighted by molar-refractivity contribution is 0.653. The van der Waals surface area contributed by atoms with Crippen LogP contribution in [0, 0.1) is 0 Å². The molecule has 2 N–H and O–H groups in total. The van der Waals surface area contributed by atoms with Crippen LogP contribution in [0.15, 0.2) is 48.5 Å². The Morgan fingerprint density at radius 3 is 2.00 bits per heavy atom. The van der Waals surface area contributed by atoms with E-state index < -0.39 is 0 Å². The maximum absolute atomic E-state index is 6.09. The lowest BCUT2D eigenvalue weighted by Crippen LogP contribution is -2.46. The molecule has 0 aliphatic carbocycles. The highest BCUT2D eigenvalue weighted by Gasteiger charge is 2.18. The minimum absolute atomic E-state index is 0.463. The van der Waals surface area contributed by atoms with E-state index >= 15 is 0 Å². The van der Waals surface area contributed by atoms with Gasteiger partial charge in [0.1, 0.15) is 0 Å². The number of para-hydroxylation sites is 1. The molecule has 2 aromatic rings. The van der Waals surface area contributed by atoms with Crippen molar-refractivity contribution in [1.82, 2.24) is 0 Å². The first-order valence-electron chi connectivity index (χ1n) is 8.09. The molecule has 0 spiro atoms. The molecule has 0 amide bonds. The fraction of sp³-hybridized carbons (Fsp3) is 0.368. The van der Waals surface area contributed by atoms with E-state index in [0.717, 1.165) is 31.9 Å². The van der Waals surface area contributed by atoms with Gasteiger partial charge in [-0.25, -0.2) is 0 Å². The first-order valence-corrected chi connectivity index (χ1v) is 8.09. The normalized spacial score (nSPS) is 15.4. The number of nitrogens with zero attached hydrogens (tertiary/aromatic N) is 2. The Morgan fingerprint density at radius 2 is 1.41 bits per heavy atom. The minimum Gasteiger partial charge on any atom is -0.398 e. The predicted molar refractivity (Wildman–Crippen MR) is 95.8 cm³/mol. The summed E-state index contributed by atoms with van der Waals surface area (Å²) >= 11 is 0. The Morgan fingerprint density at radius 1 is 0.818 bits per heavy atom. The molecule has 2 aromatic carbocycles. The number of benzene rings is 2. The average Bonchev–Trinajstić information content (AvgIpc) is 2.56. The monoisotopic (exact) mass is 295 g/mol. The summed E-state index contributed by atoms with van der Waals surface area (Å²) in [5.74, 6) is 0.463. The number of piperazine rings is 1. The van der Waals surface area contributed by atoms with Gasteiger partial charge >= 0.3 is 0 Å². The number of anilines is 3. The van der Waals surface area contributed by atoms with E-state index in [1.54, 1.807) is 0 Å². The van der Waals surface area contributed by atoms with Gasteiger partial charge in [-0.3, -0.25) is 0 Å². The largest absolute Gasteiger partial charge is 0.398 e. The first-order chi connectivity index (χ1) is 10.6. The molecule has 1 aliphatic rings. The van der Waals surface area contributed by atoms with Crippen LogP contribution < -0.4 is 15.5 Å². The molecule has 1 heterocycles. The second-order valence-electron chi connectivity index (χ2n) is 6.28. The van der Waals surface area contributed by atoms with Gasteiger partial charge in [0.25, 0.3) is 0 Å². The molecule has 3 heteroatoms. The Hall–Kier alpha value is -2.16. The lowest BCUT2D eigenvalue weighted by Gasteiger charge is -2.37. The highest BCUT2D eigenvalue weighted by Crippen LogP contribution is 2.28. The van der Waals surface area contributed by atoms with Crippen molar-refractivity contribution in [3.8, 4) is 0 Å². The van der Waals surface area contributed by atoms with E-state index in [-0.39, 0.29) is 0 Å². The quantitative estimate of drug-likeness (QED) is 0.876. The Bertz CT molecular complexity index is 614. The maximum atomic E-state index is 6.09. The van der Waals surface area contributed by atoms with Crippen LogP contribution in [-0.4, -0.2) is 26.2 Å². The Kier molecular flexibility index (Phi) is 4.23. The van der Waals surface area contributed by atoms with Crippen molar-refractivity contribution in [2.24, 2.45) is 0 Å². The van der Waals surface area contributed by atoms with Gasteiger partial charge in [0, 0.05) is 43.2 Å². The first kappa shape index (κ1) is 14.8. The summed E-state index contributed by atoms with van der Waals surface area (Å²) < 4.78 is 0. The van der Waals surface area contributed by atoms with Crippen LogP contribution in [0.2, 0.25) is 0 Å². The molecular formula is C19H25N3. The molecule has 3 rings (SSSR count). The zero-order valence-electron chi connectivity index (χ0n) is 13.5. The fourth-order valence-corrected chi connectivity index (χ4v) is 3.12. The predicted octanol–water partition coefficient (Wildman–Crippen LogP) is 3.72. The van der Waals surface area contributed by atoms with Crippen molar-refractivity contribution in [3.05, 3.63) is 54.1 Å². The van der Waals surface area contributed by atoms with Crippen LogP contribution in [-0.2, 0) is 0 Å². The van der Waals surface area contributed by atoms with Gasteiger partial charge in [-0.1, -0.05) is 32.0 Å². The molecule has 116 valence electrons. The highest BCUT2D eigenvalue weighted by atomic mass is 15.3. The maximum Gasteiger partial charge on any atom is 0.0371 e. The topological polar surface area (TPSA) is 32.5 Å². The van der Waals surface area contributed by atoms with E-state index in [1.165, 1.54) is 16.9 Å². The second-order valence-corrected chi connectivity index (χ2v) is 6.28. The Balaban J connectivity index is 1.70. The van der Waals surface area contributed by atoms with Crippen LogP contribution in [0.5, 0.6) is 0 Å². The van der Waals surface area contributed by atoms with E-state index in [0.29, 0.717) is 5.92 Å². The SMILES string of the molecule is CC(C)c1cc(N2CCN(c3ccccc3)CC2)ccc1N. The molecule has 1 aliphatic heterocycles. The summed E-state index contributed by atoms with van der Waals surface area (Å²) in [6.07, 6.45) is 0. The van der Waals surface area contributed by atoms with Crippen LogP contribution in [0.3, 0.4) is 0 Å². The zero-order chi connectivity index (χ0) is 15.5. The number of nitrogens with two attached hydrogens (primary N) is 1. The van der Waals surface area contributed by atoms with E-state index in [1.807, 2.05) is 6.07 Å². The van der Waals surface area contributed by atoms with Crippen LogP contribution >= 0.6 is 0 Å². The standard InChI is InChI=1S/C19H25N3/c1-15(2)18-14-17(8-9-19(18)20)22-12-10-21(11-13-22)16-6-4-3-5-7-16/h3-9,14-15H,10-13,20H2,1-2H3. The molecule has 0 radical (unpaired) electrons. The van der Waals surface area contributed by atoms with Crippen molar-refractivity contribution in [1.29, 1.82) is 0 Å². The van der Waals surface area contributed by atoms with E-state index in [4.69, 9.17) is 5.73 Å². The lowest BCUT2D eigenvalue weighted by atomic mass is 10.00. The molecule has 0 unspecified atom stereocenters. The summed E-state index contributed by atoms with van der Waals surface area (Å²) in [4.78, 5) is 4.92. The van der Waals surface area contributed by atoms with Crippen molar-refractivity contribution >= 4 is 17.1 Å². The van der Waals surface area contributed by atoms with Gasteiger partial charge in [-0.05, 0) is 41.8 Å². The second kappa shape index (κ2) is 6.30. The van der Waals surface area contributed by atoms with Gasteiger partial charge in [-0.15, -0.1) is 0 Å². The molecule has 1 saturated heterocycles. The molecular weight excluding hydrogens is 270 g/mol. The van der Waals surface area contributed by atoms with Crippen molar-refractivity contribution in [2.45, 2.75) is 19.8 Å². The molecule has 22 heavy (non-hydrogen) atoms. The smallest absolute Gasteiger partial charge is 0.0371 e. The zero-order valence-corrected chi connectivity index (χ0v) is 13.5. The van der Waals surface area contributed by atoms with Crippen LogP contribution in [0.25, 0.3) is 0 Å². The summed E-state index contributed by atoms with van der Waals surface area (Å²) in [7, 11) is 0. The fourth-order valence-electron chi connectivity index (χ4n) is 3.12. The third-order valence-electron chi connectivity index (χ3n) is 4.46. The summed E-state index contributed by atoms with van der Waals surface area (Å²) in [6.45, 7) is 8.62. The van der Waals surface area contributed by atoms with Crippen LogP contribution in [0.4, 0.5) is 17.1 Å². The molecule has 0 bridgehead atoms. The van der Waals surface area contributed by atoms with Gasteiger partial charge in [-0.2, -0.15) is 0 Å². The van der Waals surface area contributed by atoms with Crippen molar-refractivity contribution < 1.29 is 0 Å². The van der Waals surface area contributed by atoms with Gasteiger partial charge < -0.3 is 15.5 Å². The molecule has 0 atom stereocenters. The minimum atomic E-state index is 0.463. The van der Waals surface area contributed by atoms with E-state index in [9.17, 15) is 0 Å². The van der Waals surface area contributed by atoms with Gasteiger partial charge in [0.2, 0.25) is 0 Å². The highest BCUT2D eigenvalue weighted by molar-refractivity contribution is 5.60. The number of hydrogen-bond donors (Lipinski definition) is 1. The van der Waals surface area contributed by atoms with Crippen molar-refractivity contribution in [2.75, 3.05) is 41.7 Å². The average molecular weight is 295 g/mol. The molecule has 3 nitrogen and oxygen atoms in total. The van der Waals surface area contributed by atoms with Crippen LogP contribution in [0.1, 0.15) is 25.3 Å². The molecule has 0 aromatic heterocycles. The van der Waals surface area contributed by atoms with Gasteiger partial charge in [0.15, 0.2) is 0 Å². The molecule has 1 fully saturated rings. The number of hydrogen-bond acceptors (Lipinski definition) is 3.